The SMILES string of the molecule is [CH]C(C)=CCC1=C(C)C(O[P+](C)(C)O)C(OC)=C(OC)C1O[P+](C)(C)O. The van der Waals surface area contributed by atoms with E-state index in [9.17, 15) is 9.79 Å². The van der Waals surface area contributed by atoms with Gasteiger partial charge in [0.05, 0.1) is 14.2 Å². The Morgan fingerprint density at radius 2 is 1.42 bits per heavy atom. The summed E-state index contributed by atoms with van der Waals surface area (Å²) in [6, 6.07) is 0. The summed E-state index contributed by atoms with van der Waals surface area (Å²) >= 11 is 0. The van der Waals surface area contributed by atoms with Gasteiger partial charge in [0.2, 0.25) is 0 Å². The smallest absolute Gasteiger partial charge is 0.267 e. The molecule has 0 aliphatic heterocycles. The van der Waals surface area contributed by atoms with Crippen LogP contribution in [0.3, 0.4) is 0 Å². The van der Waals surface area contributed by atoms with Crippen LogP contribution < -0.4 is 0 Å². The Balaban J connectivity index is 3.53. The quantitative estimate of drug-likeness (QED) is 0.471. The highest BCUT2D eigenvalue weighted by Gasteiger charge is 2.46. The fraction of sp³-hybridized carbons (Fsp3) is 0.611. The number of hydrogen-bond donors (Lipinski definition) is 2. The van der Waals surface area contributed by atoms with E-state index in [-0.39, 0.29) is 0 Å². The molecule has 8 heteroatoms. The van der Waals surface area contributed by atoms with Crippen molar-refractivity contribution in [2.24, 2.45) is 0 Å². The topological polar surface area (TPSA) is 77.4 Å². The Kier molecular flexibility index (Phi) is 8.28. The van der Waals surface area contributed by atoms with E-state index in [0.717, 1.165) is 11.1 Å². The number of allylic oxidation sites excluding steroid dienone is 2. The number of methoxy groups -OCH3 is 2. The van der Waals surface area contributed by atoms with Crippen LogP contribution in [-0.4, -0.2) is 62.9 Å². The summed E-state index contributed by atoms with van der Waals surface area (Å²) in [6.07, 6.45) is 1.18. The van der Waals surface area contributed by atoms with Crippen LogP contribution in [0.4, 0.5) is 0 Å². The lowest BCUT2D eigenvalue weighted by molar-refractivity contribution is 0.0933. The van der Waals surface area contributed by atoms with Gasteiger partial charge in [-0.05, 0) is 38.3 Å². The van der Waals surface area contributed by atoms with Crippen LogP contribution in [0.5, 0.6) is 0 Å². The van der Waals surface area contributed by atoms with E-state index < -0.39 is 27.6 Å². The van der Waals surface area contributed by atoms with Crippen LogP contribution in [0.2, 0.25) is 0 Å². The molecule has 1 aliphatic carbocycles. The second-order valence-corrected chi connectivity index (χ2v) is 12.7. The molecule has 2 atom stereocenters. The summed E-state index contributed by atoms with van der Waals surface area (Å²) in [5.41, 5.74) is 2.39. The molecule has 2 radical (unpaired) electrons. The minimum atomic E-state index is -2.58. The van der Waals surface area contributed by atoms with E-state index in [1.165, 1.54) is 14.2 Å². The third-order valence-electron chi connectivity index (χ3n) is 3.75. The van der Waals surface area contributed by atoms with E-state index in [1.54, 1.807) is 26.7 Å². The predicted molar refractivity (Wildman–Crippen MR) is 108 cm³/mol. The normalized spacial score (nSPS) is 22.8. The summed E-state index contributed by atoms with van der Waals surface area (Å²) in [5, 5.41) is 0. The van der Waals surface area contributed by atoms with Gasteiger partial charge in [0.25, 0.3) is 15.4 Å². The molecule has 0 spiro atoms. The maximum Gasteiger partial charge on any atom is 0.267 e. The van der Waals surface area contributed by atoms with Gasteiger partial charge in [-0.2, -0.15) is 9.05 Å². The van der Waals surface area contributed by atoms with Crippen molar-refractivity contribution in [2.75, 3.05) is 40.9 Å². The first-order valence-electron chi connectivity index (χ1n) is 8.24. The maximum atomic E-state index is 10.3. The van der Waals surface area contributed by atoms with Crippen molar-refractivity contribution < 1.29 is 28.3 Å². The molecule has 0 saturated carbocycles. The molecule has 1 rings (SSSR count). The summed E-state index contributed by atoms with van der Waals surface area (Å²) in [4.78, 5) is 20.6. The van der Waals surface area contributed by atoms with Crippen LogP contribution in [0, 0.1) is 6.92 Å². The van der Waals surface area contributed by atoms with Crippen molar-refractivity contribution in [3.8, 4) is 0 Å². The lowest BCUT2D eigenvalue weighted by atomic mass is 9.88. The molecule has 0 aromatic rings. The molecule has 0 bridgehead atoms. The lowest BCUT2D eigenvalue weighted by Gasteiger charge is -2.34. The van der Waals surface area contributed by atoms with Crippen LogP contribution in [0.25, 0.3) is 0 Å². The fourth-order valence-corrected chi connectivity index (χ4v) is 4.21. The zero-order valence-electron chi connectivity index (χ0n) is 16.9. The molecule has 26 heavy (non-hydrogen) atoms. The van der Waals surface area contributed by atoms with Crippen molar-refractivity contribution in [1.29, 1.82) is 0 Å². The van der Waals surface area contributed by atoms with Crippen molar-refractivity contribution >= 4 is 15.4 Å². The monoisotopic (exact) mass is 406 g/mol. The first kappa shape index (κ1) is 23.6. The van der Waals surface area contributed by atoms with Gasteiger partial charge in [0, 0.05) is 0 Å². The van der Waals surface area contributed by atoms with Crippen LogP contribution in [0.1, 0.15) is 20.3 Å². The molecule has 6 nitrogen and oxygen atoms in total. The minimum absolute atomic E-state index is 0.428. The Morgan fingerprint density at radius 3 is 1.81 bits per heavy atom. The highest BCUT2D eigenvalue weighted by atomic mass is 31.2. The Labute approximate surface area is 158 Å². The average molecular weight is 406 g/mol. The maximum absolute atomic E-state index is 10.3. The van der Waals surface area contributed by atoms with Crippen LogP contribution in [-0.2, 0) is 18.5 Å². The van der Waals surface area contributed by atoms with Crippen molar-refractivity contribution in [3.05, 3.63) is 41.2 Å². The van der Waals surface area contributed by atoms with Crippen LogP contribution >= 0.6 is 15.4 Å². The van der Waals surface area contributed by atoms with E-state index in [0.29, 0.717) is 23.5 Å². The fourth-order valence-electron chi connectivity index (χ4n) is 2.70. The van der Waals surface area contributed by atoms with Crippen molar-refractivity contribution in [3.63, 3.8) is 0 Å². The molecule has 0 fully saturated rings. The van der Waals surface area contributed by atoms with Crippen LogP contribution in [0.15, 0.2) is 34.3 Å². The Morgan fingerprint density at radius 1 is 1.00 bits per heavy atom. The Bertz CT molecular complexity index is 592. The number of rotatable bonds is 8. The van der Waals surface area contributed by atoms with Gasteiger partial charge in [-0.3, -0.25) is 0 Å². The summed E-state index contributed by atoms with van der Waals surface area (Å²) < 4.78 is 23.0. The molecule has 0 amide bonds. The standard InChI is InChI=1S/C18H32O6P2/c1-12(2)10-11-14-13(3)15(23-25(6,7)19)17(21-4)18(22-5)16(14)24-26(8,9)20/h1,10,15-16,19-20H,11H2,2-9H3/q+2. The molecule has 2 unspecified atom stereocenters. The van der Waals surface area contributed by atoms with Gasteiger partial charge in [-0.1, -0.05) is 11.6 Å². The molecular formula is C18H32O6P2+2. The van der Waals surface area contributed by atoms with Gasteiger partial charge in [-0.25, -0.2) is 9.79 Å². The lowest BCUT2D eigenvalue weighted by Crippen LogP contribution is -2.34. The Hall–Kier alpha value is -0.480. The molecule has 1 aliphatic rings. The molecular weight excluding hydrogens is 374 g/mol. The average Bonchev–Trinajstić information content (AvgIpc) is 2.46. The third kappa shape index (κ3) is 6.60. The zero-order valence-corrected chi connectivity index (χ0v) is 18.7. The summed E-state index contributed by atoms with van der Waals surface area (Å²) in [7, 11) is -2.10. The largest absolute Gasteiger partial charge is 0.494 e. The highest BCUT2D eigenvalue weighted by molar-refractivity contribution is 7.64. The number of hydrogen-bond acceptors (Lipinski definition) is 6. The van der Waals surface area contributed by atoms with E-state index >= 15 is 0 Å². The summed E-state index contributed by atoms with van der Waals surface area (Å²) in [5.74, 6) is 0.861. The van der Waals surface area contributed by atoms with E-state index in [2.05, 4.69) is 0 Å². The predicted octanol–water partition coefficient (Wildman–Crippen LogP) is 3.84. The first-order chi connectivity index (χ1) is 11.8. The van der Waals surface area contributed by atoms with Gasteiger partial charge in [0.15, 0.2) is 23.7 Å². The van der Waals surface area contributed by atoms with Crippen molar-refractivity contribution in [1.82, 2.24) is 0 Å². The third-order valence-corrected chi connectivity index (χ3v) is 5.20. The minimum Gasteiger partial charge on any atom is -0.494 e. The van der Waals surface area contributed by atoms with E-state index in [1.807, 2.05) is 19.9 Å². The van der Waals surface area contributed by atoms with Gasteiger partial charge in [-0.15, -0.1) is 0 Å². The number of ether oxygens (including phenoxy) is 2. The van der Waals surface area contributed by atoms with E-state index in [4.69, 9.17) is 25.4 Å². The molecule has 0 aromatic heterocycles. The molecule has 148 valence electrons. The zero-order chi connectivity index (χ0) is 20.3. The second kappa shape index (κ2) is 9.14. The highest BCUT2D eigenvalue weighted by Crippen LogP contribution is 2.55. The second-order valence-electron chi connectivity index (χ2n) is 7.06. The summed E-state index contributed by atoms with van der Waals surface area (Å²) in [6.45, 7) is 16.2. The molecule has 0 heterocycles. The van der Waals surface area contributed by atoms with Gasteiger partial charge in [0.1, 0.15) is 26.7 Å². The molecule has 2 N–H and O–H groups in total. The molecule has 0 aromatic carbocycles. The van der Waals surface area contributed by atoms with Crippen molar-refractivity contribution in [2.45, 2.75) is 32.5 Å². The first-order valence-corrected chi connectivity index (χ1v) is 13.4. The van der Waals surface area contributed by atoms with Gasteiger partial charge < -0.3 is 9.47 Å². The molecule has 0 saturated heterocycles. The van der Waals surface area contributed by atoms with Gasteiger partial charge >= 0.3 is 0 Å².